The van der Waals surface area contributed by atoms with Gasteiger partial charge in [-0.15, -0.1) is 0 Å². The third-order valence-corrected chi connectivity index (χ3v) is 3.55. The predicted molar refractivity (Wildman–Crippen MR) is 71.7 cm³/mol. The normalized spacial score (nSPS) is 23.0. The Kier molecular flexibility index (Phi) is 5.27. The lowest BCUT2D eigenvalue weighted by Crippen LogP contribution is -2.32. The number of hydrogen-bond acceptors (Lipinski definition) is 4. The summed E-state index contributed by atoms with van der Waals surface area (Å²) < 4.78 is 5.83. The second-order valence-corrected chi connectivity index (χ2v) is 5.02. The number of ether oxygens (including phenoxy) is 1. The fourth-order valence-corrected chi connectivity index (χ4v) is 2.41. The molecule has 19 heavy (non-hydrogen) atoms. The van der Waals surface area contributed by atoms with E-state index in [9.17, 15) is 4.79 Å². The molecular formula is C14H21N3O2. The van der Waals surface area contributed by atoms with Gasteiger partial charge in [0.05, 0.1) is 18.9 Å². The third-order valence-electron chi connectivity index (χ3n) is 3.55. The van der Waals surface area contributed by atoms with Crippen LogP contribution >= 0.6 is 0 Å². The first-order valence-electron chi connectivity index (χ1n) is 6.93. The molecule has 2 atom stereocenters. The minimum atomic E-state index is -0.201. The maximum atomic E-state index is 11.7. The SMILES string of the molecule is C[C@H]1CCCC[C@H]1OCCNC(=O)c1cnccn1. The van der Waals surface area contributed by atoms with Gasteiger partial charge in [0.25, 0.3) is 5.91 Å². The molecule has 1 aromatic heterocycles. The Bertz CT molecular complexity index is 397. The molecule has 1 aliphatic carbocycles. The van der Waals surface area contributed by atoms with E-state index in [-0.39, 0.29) is 5.91 Å². The van der Waals surface area contributed by atoms with Gasteiger partial charge in [-0.05, 0) is 18.8 Å². The van der Waals surface area contributed by atoms with Crippen molar-refractivity contribution in [2.24, 2.45) is 5.92 Å². The van der Waals surface area contributed by atoms with Crippen molar-refractivity contribution < 1.29 is 9.53 Å². The smallest absolute Gasteiger partial charge is 0.271 e. The Morgan fingerprint density at radius 2 is 2.26 bits per heavy atom. The Labute approximate surface area is 113 Å². The largest absolute Gasteiger partial charge is 0.376 e. The first-order valence-corrected chi connectivity index (χ1v) is 6.93. The van der Waals surface area contributed by atoms with E-state index < -0.39 is 0 Å². The highest BCUT2D eigenvalue weighted by atomic mass is 16.5. The van der Waals surface area contributed by atoms with Gasteiger partial charge < -0.3 is 10.1 Å². The van der Waals surface area contributed by atoms with Crippen LogP contribution < -0.4 is 5.32 Å². The highest BCUT2D eigenvalue weighted by Crippen LogP contribution is 2.25. The number of carbonyl (C=O) groups excluding carboxylic acids is 1. The molecule has 1 amide bonds. The molecule has 0 unspecified atom stereocenters. The Morgan fingerprint density at radius 3 is 3.00 bits per heavy atom. The van der Waals surface area contributed by atoms with E-state index in [0.717, 1.165) is 6.42 Å². The standard InChI is InChI=1S/C14H21N3O2/c1-11-4-2-3-5-13(11)19-9-8-17-14(18)12-10-15-6-7-16-12/h6-7,10-11,13H,2-5,8-9H2,1H3,(H,17,18)/t11-,13+/m0/s1. The van der Waals surface area contributed by atoms with Crippen LogP contribution in [0.1, 0.15) is 43.1 Å². The quantitative estimate of drug-likeness (QED) is 0.823. The van der Waals surface area contributed by atoms with Gasteiger partial charge in [-0.3, -0.25) is 9.78 Å². The molecular weight excluding hydrogens is 242 g/mol. The number of rotatable bonds is 5. The van der Waals surface area contributed by atoms with Crippen molar-refractivity contribution in [2.75, 3.05) is 13.2 Å². The van der Waals surface area contributed by atoms with E-state index >= 15 is 0 Å². The summed E-state index contributed by atoms with van der Waals surface area (Å²) in [5.74, 6) is 0.429. The zero-order valence-corrected chi connectivity index (χ0v) is 11.3. The van der Waals surface area contributed by atoms with Crippen molar-refractivity contribution >= 4 is 5.91 Å². The molecule has 1 aromatic rings. The van der Waals surface area contributed by atoms with Crippen LogP contribution in [-0.4, -0.2) is 35.1 Å². The summed E-state index contributed by atoms with van der Waals surface area (Å²) in [6.45, 7) is 3.31. The van der Waals surface area contributed by atoms with Gasteiger partial charge in [-0.2, -0.15) is 0 Å². The number of amides is 1. The Hall–Kier alpha value is -1.49. The van der Waals surface area contributed by atoms with E-state index in [2.05, 4.69) is 22.2 Å². The molecule has 1 aliphatic rings. The van der Waals surface area contributed by atoms with Crippen LogP contribution in [-0.2, 0) is 4.74 Å². The molecule has 5 nitrogen and oxygen atoms in total. The van der Waals surface area contributed by atoms with E-state index in [1.807, 2.05) is 0 Å². The second kappa shape index (κ2) is 7.19. The molecule has 104 valence electrons. The molecule has 0 bridgehead atoms. The monoisotopic (exact) mass is 263 g/mol. The van der Waals surface area contributed by atoms with Crippen LogP contribution in [0.3, 0.4) is 0 Å². The zero-order chi connectivity index (χ0) is 13.5. The molecule has 1 fully saturated rings. The number of nitrogens with one attached hydrogen (secondary N) is 1. The van der Waals surface area contributed by atoms with Crippen molar-refractivity contribution in [3.05, 3.63) is 24.3 Å². The van der Waals surface area contributed by atoms with Gasteiger partial charge in [0.1, 0.15) is 5.69 Å². The summed E-state index contributed by atoms with van der Waals surface area (Å²) in [6.07, 6.45) is 9.81. The fraction of sp³-hybridized carbons (Fsp3) is 0.643. The summed E-state index contributed by atoms with van der Waals surface area (Å²) >= 11 is 0. The van der Waals surface area contributed by atoms with Gasteiger partial charge in [0.15, 0.2) is 0 Å². The number of carbonyl (C=O) groups is 1. The first-order chi connectivity index (χ1) is 9.27. The first kappa shape index (κ1) is 13.9. The van der Waals surface area contributed by atoms with Crippen molar-refractivity contribution in [3.8, 4) is 0 Å². The molecule has 0 saturated heterocycles. The van der Waals surface area contributed by atoms with Crippen LogP contribution in [0, 0.1) is 5.92 Å². The average molecular weight is 263 g/mol. The van der Waals surface area contributed by atoms with Crippen molar-refractivity contribution in [3.63, 3.8) is 0 Å². The van der Waals surface area contributed by atoms with Crippen LogP contribution in [0.25, 0.3) is 0 Å². The minimum absolute atomic E-state index is 0.201. The lowest BCUT2D eigenvalue weighted by molar-refractivity contribution is -0.00295. The van der Waals surface area contributed by atoms with Crippen molar-refractivity contribution in [1.29, 1.82) is 0 Å². The summed E-state index contributed by atoms with van der Waals surface area (Å²) in [6, 6.07) is 0. The van der Waals surface area contributed by atoms with Crippen LogP contribution in [0.2, 0.25) is 0 Å². The minimum Gasteiger partial charge on any atom is -0.376 e. The molecule has 2 rings (SSSR count). The molecule has 0 radical (unpaired) electrons. The molecule has 5 heteroatoms. The lowest BCUT2D eigenvalue weighted by Gasteiger charge is -2.28. The fourth-order valence-electron chi connectivity index (χ4n) is 2.41. The number of nitrogens with zero attached hydrogens (tertiary/aromatic N) is 2. The van der Waals surface area contributed by atoms with Gasteiger partial charge >= 0.3 is 0 Å². The highest BCUT2D eigenvalue weighted by molar-refractivity contribution is 5.91. The topological polar surface area (TPSA) is 64.1 Å². The predicted octanol–water partition coefficient (Wildman–Crippen LogP) is 1.80. The summed E-state index contributed by atoms with van der Waals surface area (Å²) in [5, 5.41) is 2.79. The van der Waals surface area contributed by atoms with E-state index in [0.29, 0.717) is 30.9 Å². The molecule has 1 N–H and O–H groups in total. The van der Waals surface area contributed by atoms with E-state index in [1.54, 1.807) is 6.20 Å². The summed E-state index contributed by atoms with van der Waals surface area (Å²) in [7, 11) is 0. The Morgan fingerprint density at radius 1 is 1.42 bits per heavy atom. The maximum absolute atomic E-state index is 11.7. The molecule has 0 spiro atoms. The molecule has 0 aromatic carbocycles. The lowest BCUT2D eigenvalue weighted by atomic mass is 9.88. The van der Waals surface area contributed by atoms with Gasteiger partial charge in [-0.25, -0.2) is 4.98 Å². The number of aromatic nitrogens is 2. The van der Waals surface area contributed by atoms with E-state index in [1.165, 1.54) is 31.7 Å². The Balaban J connectivity index is 1.65. The van der Waals surface area contributed by atoms with E-state index in [4.69, 9.17) is 4.74 Å². The van der Waals surface area contributed by atoms with Crippen LogP contribution in [0.5, 0.6) is 0 Å². The maximum Gasteiger partial charge on any atom is 0.271 e. The average Bonchev–Trinajstić information content (AvgIpc) is 2.46. The van der Waals surface area contributed by atoms with Crippen molar-refractivity contribution in [1.82, 2.24) is 15.3 Å². The van der Waals surface area contributed by atoms with Gasteiger partial charge in [-0.1, -0.05) is 19.8 Å². The molecule has 1 saturated carbocycles. The van der Waals surface area contributed by atoms with Crippen LogP contribution in [0.15, 0.2) is 18.6 Å². The molecule has 1 heterocycles. The number of hydrogen-bond donors (Lipinski definition) is 1. The van der Waals surface area contributed by atoms with Gasteiger partial charge in [0.2, 0.25) is 0 Å². The highest BCUT2D eigenvalue weighted by Gasteiger charge is 2.21. The zero-order valence-electron chi connectivity index (χ0n) is 11.3. The third kappa shape index (κ3) is 4.28. The van der Waals surface area contributed by atoms with Crippen LogP contribution in [0.4, 0.5) is 0 Å². The molecule has 0 aliphatic heterocycles. The van der Waals surface area contributed by atoms with Crippen molar-refractivity contribution in [2.45, 2.75) is 38.7 Å². The van der Waals surface area contributed by atoms with Gasteiger partial charge in [0, 0.05) is 18.9 Å². The second-order valence-electron chi connectivity index (χ2n) is 5.02. The summed E-state index contributed by atoms with van der Waals surface area (Å²) in [4.78, 5) is 19.5. The summed E-state index contributed by atoms with van der Waals surface area (Å²) in [5.41, 5.74) is 0.341.